The largest absolute Gasteiger partial charge is 0.0879 e. The highest BCUT2D eigenvalue weighted by Crippen LogP contribution is 2.38. The van der Waals surface area contributed by atoms with Gasteiger partial charge in [0, 0.05) is 5.92 Å². The lowest BCUT2D eigenvalue weighted by atomic mass is 9.74. The summed E-state index contributed by atoms with van der Waals surface area (Å²) in [6.45, 7) is 0. The van der Waals surface area contributed by atoms with E-state index in [2.05, 4.69) is 12.2 Å². The minimum Gasteiger partial charge on any atom is -0.0879 e. The molecule has 0 aromatic heterocycles. The summed E-state index contributed by atoms with van der Waals surface area (Å²) in [7, 11) is 0. The third-order valence-electron chi connectivity index (χ3n) is 2.81. The van der Waals surface area contributed by atoms with Gasteiger partial charge in [-0.05, 0) is 31.6 Å². The molecule has 0 spiro atoms. The minimum absolute atomic E-state index is 0.985. The number of rotatable bonds is 0. The van der Waals surface area contributed by atoms with E-state index in [-0.39, 0.29) is 0 Å². The normalized spacial score (nSPS) is 33.8. The Morgan fingerprint density at radius 3 is 3.10 bits per heavy atom. The lowest BCUT2D eigenvalue weighted by Gasteiger charge is -2.31. The molecule has 0 N–H and O–H groups in total. The van der Waals surface area contributed by atoms with Crippen molar-refractivity contribution < 1.29 is 0 Å². The highest BCUT2D eigenvalue weighted by Gasteiger charge is 2.24. The monoisotopic (exact) mass is 135 g/mol. The topological polar surface area (TPSA) is 0 Å². The Hall–Kier alpha value is -0.260. The van der Waals surface area contributed by atoms with E-state index in [1.165, 1.54) is 38.5 Å². The highest BCUT2D eigenvalue weighted by molar-refractivity contribution is 5.18. The Morgan fingerprint density at radius 2 is 2.20 bits per heavy atom. The van der Waals surface area contributed by atoms with Crippen LogP contribution in [0.15, 0.2) is 12.2 Å². The van der Waals surface area contributed by atoms with Crippen LogP contribution in [0.4, 0.5) is 0 Å². The van der Waals surface area contributed by atoms with Crippen LogP contribution in [0.3, 0.4) is 0 Å². The average Bonchev–Trinajstić information content (AvgIpc) is 2.05. The molecule has 0 nitrogen and oxygen atoms in total. The van der Waals surface area contributed by atoms with E-state index in [0.29, 0.717) is 0 Å². The van der Waals surface area contributed by atoms with Gasteiger partial charge in [0.2, 0.25) is 0 Å². The van der Waals surface area contributed by atoms with Gasteiger partial charge in [-0.2, -0.15) is 0 Å². The van der Waals surface area contributed by atoms with Gasteiger partial charge in [-0.15, -0.1) is 0 Å². The smallest absolute Gasteiger partial charge is 0.000365 e. The van der Waals surface area contributed by atoms with E-state index in [9.17, 15) is 0 Å². The summed E-state index contributed by atoms with van der Waals surface area (Å²) >= 11 is 0. The molecule has 10 heavy (non-hydrogen) atoms. The van der Waals surface area contributed by atoms with Crippen molar-refractivity contribution in [3.8, 4) is 0 Å². The third-order valence-corrected chi connectivity index (χ3v) is 2.81. The van der Waals surface area contributed by atoms with Crippen LogP contribution in [0.1, 0.15) is 38.5 Å². The van der Waals surface area contributed by atoms with Gasteiger partial charge in [0.1, 0.15) is 0 Å². The predicted octanol–water partition coefficient (Wildman–Crippen LogP) is 3.10. The fraction of sp³-hybridized carbons (Fsp3) is 0.700. The Labute approximate surface area is 63.3 Å². The van der Waals surface area contributed by atoms with E-state index in [4.69, 9.17) is 0 Å². The molecule has 0 aromatic rings. The molecule has 0 bridgehead atoms. The van der Waals surface area contributed by atoms with Gasteiger partial charge in [-0.3, -0.25) is 0 Å². The molecular weight excluding hydrogens is 120 g/mol. The summed E-state index contributed by atoms with van der Waals surface area (Å²) in [5.41, 5.74) is 0. The maximum atomic E-state index is 2.38. The van der Waals surface area contributed by atoms with Crippen molar-refractivity contribution in [1.82, 2.24) is 0 Å². The molecule has 1 saturated carbocycles. The maximum absolute atomic E-state index is 2.38. The zero-order valence-corrected chi connectivity index (χ0v) is 6.47. The molecule has 0 saturated heterocycles. The molecule has 1 atom stereocenters. The molecule has 2 aliphatic rings. The number of hydrogen-bond acceptors (Lipinski definition) is 0. The molecule has 0 amide bonds. The standard InChI is InChI=1S/C10H15/c1-2-6-10-8-4-3-7-9(10)5-1/h1,5,10H,2-4,6-8H2. The SMILES string of the molecule is C1=C[C]2CCCCC2CC1. The van der Waals surface area contributed by atoms with Gasteiger partial charge < -0.3 is 0 Å². The Balaban J connectivity index is 2.03. The molecule has 0 aromatic carbocycles. The predicted molar refractivity (Wildman–Crippen MR) is 43.6 cm³/mol. The average molecular weight is 135 g/mol. The van der Waals surface area contributed by atoms with E-state index in [1.807, 2.05) is 0 Å². The van der Waals surface area contributed by atoms with Crippen molar-refractivity contribution >= 4 is 0 Å². The summed E-state index contributed by atoms with van der Waals surface area (Å²) < 4.78 is 0. The third kappa shape index (κ3) is 1.12. The molecule has 0 aliphatic heterocycles. The van der Waals surface area contributed by atoms with Crippen LogP contribution in [0.5, 0.6) is 0 Å². The molecule has 1 radical (unpaired) electrons. The molecule has 1 fully saturated rings. The fourth-order valence-corrected chi connectivity index (χ4v) is 2.19. The van der Waals surface area contributed by atoms with Crippen molar-refractivity contribution in [2.75, 3.05) is 0 Å². The first-order chi connectivity index (χ1) is 4.97. The van der Waals surface area contributed by atoms with Crippen molar-refractivity contribution in [3.63, 3.8) is 0 Å². The van der Waals surface area contributed by atoms with Crippen LogP contribution in [-0.2, 0) is 0 Å². The van der Waals surface area contributed by atoms with Crippen molar-refractivity contribution in [1.29, 1.82) is 0 Å². The Kier molecular flexibility index (Phi) is 1.79. The van der Waals surface area contributed by atoms with Crippen LogP contribution in [-0.4, -0.2) is 0 Å². The van der Waals surface area contributed by atoms with Crippen LogP contribution < -0.4 is 0 Å². The van der Waals surface area contributed by atoms with Crippen LogP contribution in [0, 0.1) is 11.8 Å². The first-order valence-electron chi connectivity index (χ1n) is 4.49. The zero-order valence-electron chi connectivity index (χ0n) is 6.47. The van der Waals surface area contributed by atoms with Gasteiger partial charge in [0.15, 0.2) is 0 Å². The number of hydrogen-bond donors (Lipinski definition) is 0. The lowest BCUT2D eigenvalue weighted by Crippen LogP contribution is -2.17. The highest BCUT2D eigenvalue weighted by atomic mass is 14.3. The quantitative estimate of drug-likeness (QED) is 0.479. The second-order valence-electron chi connectivity index (χ2n) is 3.50. The summed E-state index contributed by atoms with van der Waals surface area (Å²) in [5, 5.41) is 0. The number of fused-ring (bicyclic) bond motifs is 1. The summed E-state index contributed by atoms with van der Waals surface area (Å²) in [4.78, 5) is 0. The molecular formula is C10H15. The van der Waals surface area contributed by atoms with Gasteiger partial charge in [0.05, 0.1) is 0 Å². The summed E-state index contributed by atoms with van der Waals surface area (Å²) in [5.74, 6) is 2.73. The van der Waals surface area contributed by atoms with Crippen molar-refractivity contribution in [3.05, 3.63) is 18.1 Å². The molecule has 1 unspecified atom stereocenters. The number of allylic oxidation sites excluding steroid dienone is 2. The molecule has 0 heteroatoms. The summed E-state index contributed by atoms with van der Waals surface area (Å²) in [6, 6.07) is 0. The van der Waals surface area contributed by atoms with Gasteiger partial charge in [-0.1, -0.05) is 25.0 Å². The fourth-order valence-electron chi connectivity index (χ4n) is 2.19. The van der Waals surface area contributed by atoms with Crippen LogP contribution in [0.2, 0.25) is 0 Å². The van der Waals surface area contributed by atoms with Crippen LogP contribution >= 0.6 is 0 Å². The van der Waals surface area contributed by atoms with Crippen LogP contribution in [0.25, 0.3) is 0 Å². The molecule has 2 aliphatic carbocycles. The maximum Gasteiger partial charge on any atom is 0.000365 e. The Morgan fingerprint density at radius 1 is 1.20 bits per heavy atom. The van der Waals surface area contributed by atoms with Crippen molar-refractivity contribution in [2.45, 2.75) is 38.5 Å². The zero-order chi connectivity index (χ0) is 6.81. The molecule has 0 heterocycles. The van der Waals surface area contributed by atoms with E-state index >= 15 is 0 Å². The van der Waals surface area contributed by atoms with E-state index in [1.54, 1.807) is 5.92 Å². The van der Waals surface area contributed by atoms with Crippen molar-refractivity contribution in [2.24, 2.45) is 5.92 Å². The second-order valence-corrected chi connectivity index (χ2v) is 3.50. The van der Waals surface area contributed by atoms with Gasteiger partial charge in [0.25, 0.3) is 0 Å². The Bertz CT molecular complexity index is 135. The van der Waals surface area contributed by atoms with Gasteiger partial charge in [-0.25, -0.2) is 0 Å². The first-order valence-corrected chi connectivity index (χ1v) is 4.49. The van der Waals surface area contributed by atoms with Gasteiger partial charge >= 0.3 is 0 Å². The van der Waals surface area contributed by atoms with E-state index < -0.39 is 0 Å². The minimum atomic E-state index is 0.985. The molecule has 55 valence electrons. The summed E-state index contributed by atoms with van der Waals surface area (Å²) in [6.07, 6.45) is 13.3. The first kappa shape index (κ1) is 6.45. The van der Waals surface area contributed by atoms with E-state index in [0.717, 1.165) is 5.92 Å². The molecule has 2 rings (SSSR count). The second kappa shape index (κ2) is 2.77. The lowest BCUT2D eigenvalue weighted by molar-refractivity contribution is 0.382.